The van der Waals surface area contributed by atoms with Crippen LogP contribution in [0.3, 0.4) is 0 Å². The third-order valence-corrected chi connectivity index (χ3v) is 3.20. The number of hydrogen-bond donors (Lipinski definition) is 1. The Labute approximate surface area is 127 Å². The van der Waals surface area contributed by atoms with Gasteiger partial charge in [0.15, 0.2) is 0 Å². The standard InChI is InChI=1S/C16H16N2O4/c19-11-10-17(12-13-4-2-1-3-5-13)16(20)14-6-8-15(9-7-14)18(21)22/h1-9,19H,10-12H2. The van der Waals surface area contributed by atoms with E-state index >= 15 is 0 Å². The lowest BCUT2D eigenvalue weighted by atomic mass is 10.1. The molecule has 0 saturated carbocycles. The molecule has 6 nitrogen and oxygen atoms in total. The molecule has 0 aliphatic carbocycles. The van der Waals surface area contributed by atoms with Gasteiger partial charge >= 0.3 is 0 Å². The quantitative estimate of drug-likeness (QED) is 0.655. The smallest absolute Gasteiger partial charge is 0.269 e. The van der Waals surface area contributed by atoms with E-state index in [0.29, 0.717) is 12.1 Å². The van der Waals surface area contributed by atoms with Crippen LogP contribution in [0.2, 0.25) is 0 Å². The van der Waals surface area contributed by atoms with Crippen LogP contribution in [0, 0.1) is 10.1 Å². The lowest BCUT2D eigenvalue weighted by Crippen LogP contribution is -2.33. The molecule has 1 N–H and O–H groups in total. The van der Waals surface area contributed by atoms with Crippen molar-refractivity contribution in [2.75, 3.05) is 13.2 Å². The lowest BCUT2D eigenvalue weighted by molar-refractivity contribution is -0.384. The van der Waals surface area contributed by atoms with E-state index in [0.717, 1.165) is 5.56 Å². The zero-order valence-electron chi connectivity index (χ0n) is 11.9. The Morgan fingerprint density at radius 3 is 2.27 bits per heavy atom. The number of aliphatic hydroxyl groups excluding tert-OH is 1. The Bertz CT molecular complexity index is 641. The molecule has 0 aliphatic rings. The maximum atomic E-state index is 12.5. The third-order valence-electron chi connectivity index (χ3n) is 3.20. The van der Waals surface area contributed by atoms with E-state index in [1.807, 2.05) is 30.3 Å². The van der Waals surface area contributed by atoms with Crippen molar-refractivity contribution in [3.63, 3.8) is 0 Å². The van der Waals surface area contributed by atoms with Gasteiger partial charge in [0, 0.05) is 30.8 Å². The first-order chi connectivity index (χ1) is 10.6. The number of nitrogens with zero attached hydrogens (tertiary/aromatic N) is 2. The predicted octanol–water partition coefficient (Wildman–Crippen LogP) is 2.23. The first-order valence-electron chi connectivity index (χ1n) is 6.80. The summed E-state index contributed by atoms with van der Waals surface area (Å²) in [6, 6.07) is 14.9. The topological polar surface area (TPSA) is 83.7 Å². The number of non-ortho nitro benzene ring substituents is 1. The van der Waals surface area contributed by atoms with Gasteiger partial charge in [-0.15, -0.1) is 0 Å². The number of carbonyl (C=O) groups excluding carboxylic acids is 1. The van der Waals surface area contributed by atoms with Gasteiger partial charge in [0.2, 0.25) is 0 Å². The monoisotopic (exact) mass is 300 g/mol. The molecule has 1 amide bonds. The van der Waals surface area contributed by atoms with Gasteiger partial charge in [-0.2, -0.15) is 0 Å². The average molecular weight is 300 g/mol. The van der Waals surface area contributed by atoms with Crippen molar-refractivity contribution < 1.29 is 14.8 Å². The van der Waals surface area contributed by atoms with Gasteiger partial charge in [-0.05, 0) is 17.7 Å². The SMILES string of the molecule is O=C(c1ccc([N+](=O)[O-])cc1)N(CCO)Cc1ccccc1. The van der Waals surface area contributed by atoms with Crippen LogP contribution >= 0.6 is 0 Å². The normalized spacial score (nSPS) is 10.2. The molecule has 0 atom stereocenters. The lowest BCUT2D eigenvalue weighted by Gasteiger charge is -2.22. The van der Waals surface area contributed by atoms with Crippen LogP contribution in [0.5, 0.6) is 0 Å². The fourth-order valence-electron chi connectivity index (χ4n) is 2.09. The number of hydrogen-bond acceptors (Lipinski definition) is 4. The van der Waals surface area contributed by atoms with Crippen molar-refractivity contribution >= 4 is 11.6 Å². The van der Waals surface area contributed by atoms with Gasteiger partial charge in [0.05, 0.1) is 11.5 Å². The number of carbonyl (C=O) groups is 1. The summed E-state index contributed by atoms with van der Waals surface area (Å²) in [6.07, 6.45) is 0. The van der Waals surface area contributed by atoms with E-state index in [-0.39, 0.29) is 24.7 Å². The number of nitro benzene ring substituents is 1. The summed E-state index contributed by atoms with van der Waals surface area (Å²) < 4.78 is 0. The zero-order valence-corrected chi connectivity index (χ0v) is 11.9. The summed E-state index contributed by atoms with van der Waals surface area (Å²) in [4.78, 5) is 24.1. The minimum Gasteiger partial charge on any atom is -0.395 e. The maximum Gasteiger partial charge on any atom is 0.269 e. The highest BCUT2D eigenvalue weighted by Crippen LogP contribution is 2.15. The van der Waals surface area contributed by atoms with E-state index in [1.165, 1.54) is 29.2 Å². The fraction of sp³-hybridized carbons (Fsp3) is 0.188. The second kappa shape index (κ2) is 7.33. The molecule has 0 spiro atoms. The van der Waals surface area contributed by atoms with E-state index in [9.17, 15) is 14.9 Å². The molecule has 0 heterocycles. The van der Waals surface area contributed by atoms with Crippen molar-refractivity contribution in [3.05, 3.63) is 75.8 Å². The van der Waals surface area contributed by atoms with Gasteiger partial charge in [0.25, 0.3) is 11.6 Å². The number of nitro groups is 1. The minimum atomic E-state index is -0.510. The number of aliphatic hydroxyl groups is 1. The summed E-state index contributed by atoms with van der Waals surface area (Å²) in [6.45, 7) is 0.424. The number of amides is 1. The van der Waals surface area contributed by atoms with Crippen molar-refractivity contribution in [3.8, 4) is 0 Å². The van der Waals surface area contributed by atoms with Crippen LogP contribution < -0.4 is 0 Å². The molecule has 0 aliphatic heterocycles. The summed E-state index contributed by atoms with van der Waals surface area (Å²) in [5.41, 5.74) is 1.24. The number of benzene rings is 2. The van der Waals surface area contributed by atoms with E-state index in [2.05, 4.69) is 0 Å². The van der Waals surface area contributed by atoms with Crippen LogP contribution in [0.1, 0.15) is 15.9 Å². The molecule has 0 unspecified atom stereocenters. The fourth-order valence-corrected chi connectivity index (χ4v) is 2.09. The Morgan fingerprint density at radius 2 is 1.73 bits per heavy atom. The van der Waals surface area contributed by atoms with Gasteiger partial charge in [-0.25, -0.2) is 0 Å². The third kappa shape index (κ3) is 3.89. The zero-order chi connectivity index (χ0) is 15.9. The summed E-state index contributed by atoms with van der Waals surface area (Å²) in [7, 11) is 0. The first-order valence-corrected chi connectivity index (χ1v) is 6.80. The largest absolute Gasteiger partial charge is 0.395 e. The van der Waals surface area contributed by atoms with E-state index < -0.39 is 4.92 Å². The predicted molar refractivity (Wildman–Crippen MR) is 81.4 cm³/mol. The Kier molecular flexibility index (Phi) is 5.21. The molecule has 0 bridgehead atoms. The molecule has 2 rings (SSSR count). The molecule has 2 aromatic carbocycles. The van der Waals surface area contributed by atoms with Crippen LogP contribution in [0.4, 0.5) is 5.69 Å². The van der Waals surface area contributed by atoms with Crippen molar-refractivity contribution in [2.45, 2.75) is 6.54 Å². The molecular formula is C16H16N2O4. The van der Waals surface area contributed by atoms with Crippen LogP contribution in [0.25, 0.3) is 0 Å². The highest BCUT2D eigenvalue weighted by molar-refractivity contribution is 5.94. The summed E-state index contributed by atoms with van der Waals surface area (Å²) in [5, 5.41) is 19.8. The minimum absolute atomic E-state index is 0.0617. The van der Waals surface area contributed by atoms with Gasteiger partial charge in [-0.3, -0.25) is 14.9 Å². The molecule has 6 heteroatoms. The van der Waals surface area contributed by atoms with E-state index in [4.69, 9.17) is 5.11 Å². The average Bonchev–Trinajstić information content (AvgIpc) is 2.55. The Balaban J connectivity index is 2.16. The van der Waals surface area contributed by atoms with Crippen LogP contribution in [-0.4, -0.2) is 34.0 Å². The molecule has 0 radical (unpaired) electrons. The highest BCUT2D eigenvalue weighted by atomic mass is 16.6. The molecule has 0 saturated heterocycles. The second-order valence-corrected chi connectivity index (χ2v) is 4.74. The Hall–Kier alpha value is -2.73. The number of rotatable bonds is 6. The van der Waals surface area contributed by atoms with Gasteiger partial charge < -0.3 is 10.0 Å². The molecule has 114 valence electrons. The summed E-state index contributed by atoms with van der Waals surface area (Å²) >= 11 is 0. The molecule has 0 fully saturated rings. The van der Waals surface area contributed by atoms with E-state index in [1.54, 1.807) is 0 Å². The van der Waals surface area contributed by atoms with Crippen molar-refractivity contribution in [2.24, 2.45) is 0 Å². The molecule has 0 aromatic heterocycles. The Morgan fingerprint density at radius 1 is 1.09 bits per heavy atom. The van der Waals surface area contributed by atoms with Gasteiger partial charge in [-0.1, -0.05) is 30.3 Å². The van der Waals surface area contributed by atoms with Gasteiger partial charge in [0.1, 0.15) is 0 Å². The second-order valence-electron chi connectivity index (χ2n) is 4.74. The molecule has 22 heavy (non-hydrogen) atoms. The van der Waals surface area contributed by atoms with Crippen molar-refractivity contribution in [1.82, 2.24) is 4.90 Å². The summed E-state index contributed by atoms with van der Waals surface area (Å²) in [5.74, 6) is -0.271. The van der Waals surface area contributed by atoms with Crippen LogP contribution in [-0.2, 0) is 6.54 Å². The molecule has 2 aromatic rings. The highest BCUT2D eigenvalue weighted by Gasteiger charge is 2.16. The van der Waals surface area contributed by atoms with Crippen molar-refractivity contribution in [1.29, 1.82) is 0 Å². The van der Waals surface area contributed by atoms with Crippen LogP contribution in [0.15, 0.2) is 54.6 Å². The molecular weight excluding hydrogens is 284 g/mol. The first kappa shape index (κ1) is 15.7. The maximum absolute atomic E-state index is 12.5.